The van der Waals surface area contributed by atoms with Crippen molar-refractivity contribution in [1.82, 2.24) is 0 Å². The number of carbonyl (C=O) groups is 1. The van der Waals surface area contributed by atoms with E-state index < -0.39 is 6.29 Å². The minimum Gasteiger partial charge on any atom is -0.346 e. The molecule has 20 heavy (non-hydrogen) atoms. The van der Waals surface area contributed by atoms with Gasteiger partial charge in [-0.15, -0.1) is 0 Å². The Morgan fingerprint density at radius 1 is 0.950 bits per heavy atom. The molecule has 0 rings (SSSR count). The topological polar surface area (TPSA) is 35.5 Å². The van der Waals surface area contributed by atoms with Crippen LogP contribution in [-0.2, 0) is 14.3 Å². The molecule has 0 unspecified atom stereocenters. The van der Waals surface area contributed by atoms with Gasteiger partial charge in [0.2, 0.25) is 6.29 Å². The monoisotopic (exact) mass is 282 g/mol. The normalized spacial score (nSPS) is 11.8. The summed E-state index contributed by atoms with van der Waals surface area (Å²) in [5.74, 6) is 0.0297. The largest absolute Gasteiger partial charge is 0.346 e. The summed E-state index contributed by atoms with van der Waals surface area (Å²) < 4.78 is 10.6. The van der Waals surface area contributed by atoms with E-state index in [0.29, 0.717) is 19.6 Å². The second kappa shape index (κ2) is 11.9. The maximum atomic E-state index is 11.9. The molecule has 0 atom stereocenters. The quantitative estimate of drug-likeness (QED) is 0.415. The highest BCUT2D eigenvalue weighted by Crippen LogP contribution is 2.10. The van der Waals surface area contributed by atoms with Gasteiger partial charge in [0.05, 0.1) is 0 Å². The van der Waals surface area contributed by atoms with Crippen LogP contribution < -0.4 is 0 Å². The Kier molecular flexibility index (Phi) is 11.3. The van der Waals surface area contributed by atoms with Crippen LogP contribution in [0.1, 0.15) is 60.3 Å². The lowest BCUT2D eigenvalue weighted by atomic mass is 10.1. The highest BCUT2D eigenvalue weighted by atomic mass is 16.7. The predicted molar refractivity (Wildman–Crippen MR) is 83.7 cm³/mol. The minimum absolute atomic E-state index is 0.0297. The van der Waals surface area contributed by atoms with Gasteiger partial charge in [0, 0.05) is 19.6 Å². The molecular weight excluding hydrogens is 252 g/mol. The van der Waals surface area contributed by atoms with Crippen molar-refractivity contribution in [3.8, 4) is 0 Å². The van der Waals surface area contributed by atoms with E-state index in [0.717, 1.165) is 19.3 Å². The first-order chi connectivity index (χ1) is 9.51. The van der Waals surface area contributed by atoms with E-state index in [1.165, 1.54) is 11.1 Å². The number of Topliss-reactive ketones (excluding diaryl/α,β-unsaturated/α-hetero) is 1. The molecule has 116 valence electrons. The van der Waals surface area contributed by atoms with Gasteiger partial charge in [-0.05, 0) is 53.9 Å². The van der Waals surface area contributed by atoms with Gasteiger partial charge >= 0.3 is 0 Å². The standard InChI is InChI=1S/C17H30O3/c1-6-19-17(20-7-2)16(18)13-9-12-15(5)11-8-10-14(3)4/h10,12,17H,6-9,11,13H2,1-5H3/b15-12-. The van der Waals surface area contributed by atoms with Gasteiger partial charge in [-0.2, -0.15) is 0 Å². The molecular formula is C17H30O3. The van der Waals surface area contributed by atoms with Crippen LogP contribution in [0.4, 0.5) is 0 Å². The van der Waals surface area contributed by atoms with Gasteiger partial charge < -0.3 is 9.47 Å². The van der Waals surface area contributed by atoms with Crippen LogP contribution in [0.2, 0.25) is 0 Å². The molecule has 0 spiro atoms. The Morgan fingerprint density at radius 3 is 2.00 bits per heavy atom. The molecule has 0 aromatic carbocycles. The first-order valence-corrected chi connectivity index (χ1v) is 7.56. The van der Waals surface area contributed by atoms with Crippen LogP contribution in [0.3, 0.4) is 0 Å². The summed E-state index contributed by atoms with van der Waals surface area (Å²) in [7, 11) is 0. The van der Waals surface area contributed by atoms with Gasteiger partial charge in [-0.1, -0.05) is 23.3 Å². The van der Waals surface area contributed by atoms with Crippen molar-refractivity contribution < 1.29 is 14.3 Å². The molecule has 0 aromatic heterocycles. The summed E-state index contributed by atoms with van der Waals surface area (Å²) >= 11 is 0. The van der Waals surface area contributed by atoms with E-state index in [1.54, 1.807) is 0 Å². The fourth-order valence-electron chi connectivity index (χ4n) is 1.81. The first-order valence-electron chi connectivity index (χ1n) is 7.56. The van der Waals surface area contributed by atoms with Crippen LogP contribution in [0, 0.1) is 0 Å². The zero-order chi connectivity index (χ0) is 15.4. The highest BCUT2D eigenvalue weighted by Gasteiger charge is 2.17. The number of rotatable bonds is 11. The molecule has 0 heterocycles. The van der Waals surface area contributed by atoms with Crippen LogP contribution in [0.5, 0.6) is 0 Å². The fraction of sp³-hybridized carbons (Fsp3) is 0.706. The van der Waals surface area contributed by atoms with E-state index >= 15 is 0 Å². The molecule has 3 nitrogen and oxygen atoms in total. The van der Waals surface area contributed by atoms with Crippen molar-refractivity contribution in [3.63, 3.8) is 0 Å². The molecule has 0 aliphatic carbocycles. The summed E-state index contributed by atoms with van der Waals surface area (Å²) in [5, 5.41) is 0. The average molecular weight is 282 g/mol. The average Bonchev–Trinajstić information content (AvgIpc) is 2.38. The third kappa shape index (κ3) is 9.93. The second-order valence-corrected chi connectivity index (χ2v) is 5.12. The molecule has 0 fully saturated rings. The predicted octanol–water partition coefficient (Wildman–Crippen LogP) is 4.43. The highest BCUT2D eigenvalue weighted by molar-refractivity contribution is 5.81. The van der Waals surface area contributed by atoms with Crippen LogP contribution >= 0.6 is 0 Å². The van der Waals surface area contributed by atoms with E-state index in [-0.39, 0.29) is 5.78 Å². The van der Waals surface area contributed by atoms with Gasteiger partial charge in [0.25, 0.3) is 0 Å². The summed E-state index contributed by atoms with van der Waals surface area (Å²) in [6, 6.07) is 0. The third-order valence-corrected chi connectivity index (χ3v) is 2.87. The number of hydrogen-bond donors (Lipinski definition) is 0. The van der Waals surface area contributed by atoms with Crippen molar-refractivity contribution in [2.24, 2.45) is 0 Å². The lowest BCUT2D eigenvalue weighted by Gasteiger charge is -2.15. The van der Waals surface area contributed by atoms with Crippen LogP contribution in [0.25, 0.3) is 0 Å². The zero-order valence-electron chi connectivity index (χ0n) is 13.7. The first kappa shape index (κ1) is 19.1. The van der Waals surface area contributed by atoms with Crippen LogP contribution in [-0.4, -0.2) is 25.3 Å². The number of hydrogen-bond acceptors (Lipinski definition) is 3. The van der Waals surface area contributed by atoms with Gasteiger partial charge in [0.15, 0.2) is 5.78 Å². The molecule has 3 heteroatoms. The number of ether oxygens (including phenoxy) is 2. The minimum atomic E-state index is -0.690. The van der Waals surface area contributed by atoms with E-state index in [2.05, 4.69) is 32.9 Å². The van der Waals surface area contributed by atoms with Crippen molar-refractivity contribution in [2.45, 2.75) is 66.6 Å². The summed E-state index contributed by atoms with van der Waals surface area (Å²) in [6.07, 6.45) is 7.05. The Labute approximate surface area is 124 Å². The van der Waals surface area contributed by atoms with Crippen molar-refractivity contribution in [1.29, 1.82) is 0 Å². The lowest BCUT2D eigenvalue weighted by Crippen LogP contribution is -2.27. The molecule has 0 aromatic rings. The van der Waals surface area contributed by atoms with Gasteiger partial charge in [-0.25, -0.2) is 0 Å². The fourth-order valence-corrected chi connectivity index (χ4v) is 1.81. The Hall–Kier alpha value is -0.930. The molecule has 0 bridgehead atoms. The molecule has 0 aliphatic heterocycles. The third-order valence-electron chi connectivity index (χ3n) is 2.87. The maximum absolute atomic E-state index is 11.9. The van der Waals surface area contributed by atoms with E-state index in [4.69, 9.17) is 9.47 Å². The Balaban J connectivity index is 4.06. The number of allylic oxidation sites excluding steroid dienone is 4. The van der Waals surface area contributed by atoms with E-state index in [1.807, 2.05) is 13.8 Å². The molecule has 0 radical (unpaired) electrons. The molecule has 0 saturated carbocycles. The lowest BCUT2D eigenvalue weighted by molar-refractivity contribution is -0.167. The number of carbonyl (C=O) groups excluding carboxylic acids is 1. The summed E-state index contributed by atoms with van der Waals surface area (Å²) in [6.45, 7) is 11.1. The van der Waals surface area contributed by atoms with Crippen molar-refractivity contribution in [2.75, 3.05) is 13.2 Å². The smallest absolute Gasteiger partial charge is 0.217 e. The van der Waals surface area contributed by atoms with E-state index in [9.17, 15) is 4.79 Å². The number of ketones is 1. The Bertz CT molecular complexity index is 319. The molecule has 0 amide bonds. The molecule has 0 aliphatic rings. The Morgan fingerprint density at radius 2 is 1.50 bits per heavy atom. The van der Waals surface area contributed by atoms with Gasteiger partial charge in [0.1, 0.15) is 0 Å². The zero-order valence-corrected chi connectivity index (χ0v) is 13.7. The van der Waals surface area contributed by atoms with Crippen molar-refractivity contribution in [3.05, 3.63) is 23.3 Å². The summed E-state index contributed by atoms with van der Waals surface area (Å²) in [4.78, 5) is 11.9. The maximum Gasteiger partial charge on any atom is 0.217 e. The molecule has 0 saturated heterocycles. The summed E-state index contributed by atoms with van der Waals surface area (Å²) in [5.41, 5.74) is 2.68. The van der Waals surface area contributed by atoms with Crippen LogP contribution in [0.15, 0.2) is 23.3 Å². The van der Waals surface area contributed by atoms with Crippen molar-refractivity contribution >= 4 is 5.78 Å². The SMILES string of the molecule is CCOC(OCC)C(=O)CC/C=C(/C)CCC=C(C)C. The molecule has 0 N–H and O–H groups in total. The van der Waals surface area contributed by atoms with Gasteiger partial charge in [-0.3, -0.25) is 4.79 Å². The second-order valence-electron chi connectivity index (χ2n) is 5.12.